The highest BCUT2D eigenvalue weighted by molar-refractivity contribution is 6.41. The van der Waals surface area contributed by atoms with Gasteiger partial charge in [-0.1, -0.05) is 99.9 Å². The molecule has 3 aromatic heterocycles. The van der Waals surface area contributed by atoms with Crippen molar-refractivity contribution in [1.29, 1.82) is 0 Å². The van der Waals surface area contributed by atoms with E-state index in [0.717, 1.165) is 11.1 Å². The first-order chi connectivity index (χ1) is 28.5. The number of fused-ring (bicyclic) bond motifs is 8. The first-order valence-electron chi connectivity index (χ1n) is 18.0. The Labute approximate surface area is 367 Å². The number of ether oxygens (including phenoxy) is 1. The number of carboxylic acid groups (broad SMARTS) is 1. The zero-order valence-electron chi connectivity index (χ0n) is 30.3. The summed E-state index contributed by atoms with van der Waals surface area (Å²) in [5, 5.41) is 11.8. The zero-order chi connectivity index (χ0) is 40.9. The van der Waals surface area contributed by atoms with E-state index >= 15 is 0 Å². The molecule has 0 amide bonds. The third-order valence-corrected chi connectivity index (χ3v) is 11.8. The third-order valence-electron chi connectivity index (χ3n) is 9.90. The van der Waals surface area contributed by atoms with Crippen LogP contribution in [-0.4, -0.2) is 37.6 Å². The van der Waals surface area contributed by atoms with Crippen LogP contribution in [0.4, 0.5) is 0 Å². The Balaban J connectivity index is 1.47. The Bertz CT molecular complexity index is 3010. The SMILES string of the molecule is O=C(O)COc1ccc(-c2c3nc(c(-c4c(Cl)cccc4Cl)c4ccc([nH]4)c(-c4c(Cl)cccc4Cl)c4nc(c(-c5c(Cl)cccc5Cl)c5ccc2[nH]5)C=C4)C=C3)cc1. The average molecular weight is 895 g/mol. The van der Waals surface area contributed by atoms with Crippen molar-refractivity contribution in [3.8, 4) is 50.3 Å². The lowest BCUT2D eigenvalue weighted by Crippen LogP contribution is -2.09. The number of hydrogen-bond acceptors (Lipinski definition) is 4. The molecule has 0 saturated carbocycles. The Kier molecular flexibility index (Phi) is 10.5. The summed E-state index contributed by atoms with van der Waals surface area (Å²) in [5.74, 6) is -0.677. The summed E-state index contributed by atoms with van der Waals surface area (Å²) in [7, 11) is 0. The van der Waals surface area contributed by atoms with Gasteiger partial charge in [0.2, 0.25) is 0 Å². The lowest BCUT2D eigenvalue weighted by atomic mass is 10.0. The van der Waals surface area contributed by atoms with E-state index in [1.54, 1.807) is 66.7 Å². The Morgan fingerprint density at radius 1 is 0.458 bits per heavy atom. The minimum absolute atomic E-state index is 0.399. The van der Waals surface area contributed by atoms with Crippen molar-refractivity contribution in [3.63, 3.8) is 0 Å². The van der Waals surface area contributed by atoms with E-state index in [9.17, 15) is 9.90 Å². The van der Waals surface area contributed by atoms with E-state index in [4.69, 9.17) is 84.3 Å². The normalized spacial score (nSPS) is 12.0. The van der Waals surface area contributed by atoms with Crippen LogP contribution in [0.2, 0.25) is 30.1 Å². The quantitative estimate of drug-likeness (QED) is 0.148. The standard InChI is InChI=1S/C46H26Cl6N4O3/c47-25-4-1-5-26(48)41(25)44-33-16-14-31(53-33)40(23-10-12-24(13-11-23)59-22-39(57)58)32-15-17-34(54-32)45(42-27(49)6-2-7-28(42)50)36-19-21-38(56-36)46(37-20-18-35(44)55-37)43-29(51)8-3-9-30(43)52/h1-21,53,56H,22H2,(H,57,58). The summed E-state index contributed by atoms with van der Waals surface area (Å²) in [5.41, 5.74) is 10.3. The molecule has 0 saturated heterocycles. The molecular weight excluding hydrogens is 869 g/mol. The second-order valence-electron chi connectivity index (χ2n) is 13.5. The molecule has 3 N–H and O–H groups in total. The fraction of sp³-hybridized carbons (Fsp3) is 0.0217. The molecule has 59 heavy (non-hydrogen) atoms. The summed E-state index contributed by atoms with van der Waals surface area (Å²) in [6, 6.07) is 31.0. The summed E-state index contributed by atoms with van der Waals surface area (Å²) in [6.07, 6.45) is 7.65. The molecule has 5 heterocycles. The maximum absolute atomic E-state index is 11.2. The van der Waals surface area contributed by atoms with Gasteiger partial charge in [0.1, 0.15) is 5.75 Å². The number of aromatic nitrogens is 4. The minimum Gasteiger partial charge on any atom is -0.482 e. The van der Waals surface area contributed by atoms with Crippen molar-refractivity contribution in [2.24, 2.45) is 0 Å². The van der Waals surface area contributed by atoms with E-state index in [2.05, 4.69) is 9.97 Å². The zero-order valence-corrected chi connectivity index (χ0v) is 34.8. The average Bonchev–Trinajstić information content (AvgIpc) is 4.05. The van der Waals surface area contributed by atoms with Crippen LogP contribution in [-0.2, 0) is 4.79 Å². The van der Waals surface area contributed by atoms with Crippen molar-refractivity contribution in [3.05, 3.63) is 156 Å². The number of H-pyrrole nitrogens is 2. The molecule has 0 spiro atoms. The van der Waals surface area contributed by atoms with Crippen molar-refractivity contribution in [1.82, 2.24) is 19.9 Å². The van der Waals surface area contributed by atoms with E-state index in [-0.39, 0.29) is 0 Å². The highest BCUT2D eigenvalue weighted by Crippen LogP contribution is 2.45. The molecule has 7 nitrogen and oxygen atoms in total. The number of aliphatic carboxylic acids is 1. The largest absolute Gasteiger partial charge is 0.482 e. The van der Waals surface area contributed by atoms with Crippen LogP contribution in [0.3, 0.4) is 0 Å². The fourth-order valence-electron chi connectivity index (χ4n) is 7.37. The number of carboxylic acids is 1. The Hall–Kier alpha value is -5.51. The van der Waals surface area contributed by atoms with E-state index in [1.807, 2.05) is 60.7 Å². The number of aromatic amines is 2. The van der Waals surface area contributed by atoms with Crippen molar-refractivity contribution < 1.29 is 14.6 Å². The summed E-state index contributed by atoms with van der Waals surface area (Å²) in [6.45, 7) is -0.473. The van der Waals surface area contributed by atoms with E-state index in [0.29, 0.717) is 114 Å². The van der Waals surface area contributed by atoms with Crippen LogP contribution in [0.15, 0.2) is 103 Å². The van der Waals surface area contributed by atoms with Crippen LogP contribution >= 0.6 is 69.6 Å². The van der Waals surface area contributed by atoms with Gasteiger partial charge in [0.05, 0.1) is 52.9 Å². The second kappa shape index (κ2) is 15.9. The Morgan fingerprint density at radius 3 is 1.12 bits per heavy atom. The highest BCUT2D eigenvalue weighted by Gasteiger charge is 2.23. The van der Waals surface area contributed by atoms with Gasteiger partial charge in [-0.25, -0.2) is 14.8 Å². The lowest BCUT2D eigenvalue weighted by molar-refractivity contribution is -0.139. The first kappa shape index (κ1) is 39.0. The summed E-state index contributed by atoms with van der Waals surface area (Å²) < 4.78 is 5.46. The molecule has 7 aromatic rings. The van der Waals surface area contributed by atoms with E-state index < -0.39 is 12.6 Å². The predicted octanol–water partition coefficient (Wildman–Crippen LogP) is 14.7. The highest BCUT2D eigenvalue weighted by atomic mass is 35.5. The molecule has 0 radical (unpaired) electrons. The number of nitrogens with one attached hydrogen (secondary N) is 2. The number of halogens is 6. The van der Waals surface area contributed by atoms with Gasteiger partial charge in [-0.2, -0.15) is 0 Å². The number of carbonyl (C=O) groups is 1. The van der Waals surface area contributed by atoms with Crippen molar-refractivity contribution >= 4 is 122 Å². The van der Waals surface area contributed by atoms with Crippen molar-refractivity contribution in [2.45, 2.75) is 0 Å². The first-order valence-corrected chi connectivity index (χ1v) is 20.3. The number of hydrogen-bond donors (Lipinski definition) is 3. The van der Waals surface area contributed by atoms with E-state index in [1.165, 1.54) is 0 Å². The predicted molar refractivity (Wildman–Crippen MR) is 244 cm³/mol. The van der Waals surface area contributed by atoms with Crippen LogP contribution in [0.5, 0.6) is 5.75 Å². The van der Waals surface area contributed by atoms with Gasteiger partial charge in [-0.3, -0.25) is 0 Å². The molecule has 0 fully saturated rings. The molecule has 0 aliphatic carbocycles. The molecule has 2 aliphatic heterocycles. The minimum atomic E-state index is -1.08. The fourth-order valence-corrected chi connectivity index (χ4v) is 9.13. The lowest BCUT2D eigenvalue weighted by Gasteiger charge is -2.11. The molecule has 0 atom stereocenters. The summed E-state index contributed by atoms with van der Waals surface area (Å²) in [4.78, 5) is 29.0. The van der Waals surface area contributed by atoms with Gasteiger partial charge in [0.25, 0.3) is 0 Å². The third kappa shape index (κ3) is 7.29. The van der Waals surface area contributed by atoms with Crippen LogP contribution in [0.1, 0.15) is 22.8 Å². The van der Waals surface area contributed by atoms with Gasteiger partial charge < -0.3 is 19.8 Å². The van der Waals surface area contributed by atoms with Crippen LogP contribution in [0.25, 0.3) is 90.9 Å². The van der Waals surface area contributed by atoms with Gasteiger partial charge in [0.15, 0.2) is 6.61 Å². The van der Waals surface area contributed by atoms with Crippen LogP contribution < -0.4 is 4.74 Å². The van der Waals surface area contributed by atoms with Crippen molar-refractivity contribution in [2.75, 3.05) is 6.61 Å². The van der Waals surface area contributed by atoms with Gasteiger partial charge in [-0.05, 0) is 103 Å². The molecular formula is C46H26Cl6N4O3. The molecule has 4 aromatic carbocycles. The topological polar surface area (TPSA) is 104 Å². The number of rotatable bonds is 7. The number of benzene rings is 4. The number of nitrogens with zero attached hydrogens (tertiary/aromatic N) is 2. The Morgan fingerprint density at radius 2 is 0.780 bits per heavy atom. The van der Waals surface area contributed by atoms with Gasteiger partial charge in [-0.15, -0.1) is 0 Å². The molecule has 8 bridgehead atoms. The summed E-state index contributed by atoms with van der Waals surface area (Å²) >= 11 is 41.7. The van der Waals surface area contributed by atoms with Crippen LogP contribution in [0, 0.1) is 0 Å². The maximum atomic E-state index is 11.2. The molecule has 2 aliphatic rings. The molecule has 290 valence electrons. The van der Waals surface area contributed by atoms with Gasteiger partial charge in [0, 0.05) is 61.0 Å². The van der Waals surface area contributed by atoms with Gasteiger partial charge >= 0.3 is 5.97 Å². The molecule has 13 heteroatoms. The molecule has 9 rings (SSSR count). The smallest absolute Gasteiger partial charge is 0.341 e. The monoisotopic (exact) mass is 892 g/mol. The second-order valence-corrected chi connectivity index (χ2v) is 15.9. The maximum Gasteiger partial charge on any atom is 0.341 e. The molecule has 0 unspecified atom stereocenters.